The van der Waals surface area contributed by atoms with Crippen LogP contribution in [0.25, 0.3) is 0 Å². The summed E-state index contributed by atoms with van der Waals surface area (Å²) in [7, 11) is 0. The summed E-state index contributed by atoms with van der Waals surface area (Å²) in [4.78, 5) is 0. The van der Waals surface area contributed by atoms with Gasteiger partial charge < -0.3 is 5.11 Å². The van der Waals surface area contributed by atoms with Gasteiger partial charge in [0.2, 0.25) is 0 Å². The zero-order valence-corrected chi connectivity index (χ0v) is 14.2. The van der Waals surface area contributed by atoms with Crippen LogP contribution in [0.15, 0.2) is 97.2 Å². The molecule has 0 spiro atoms. The fraction of sp³-hybridized carbons (Fsp3) is 0.0909. The minimum absolute atomic E-state index is 0.540. The standard InChI is InChI=1S/C22H19N3O/c26-22(19-12-6-2-7-13-19,20-14-8-3-9-15-20)21-16-23-24-25(21)17-18-10-4-1-5-11-18/h1-16,26H,17H2. The number of aromatic nitrogens is 3. The quantitative estimate of drug-likeness (QED) is 0.603. The number of nitrogens with zero attached hydrogens (tertiary/aromatic N) is 3. The Morgan fingerprint density at radius 2 is 1.23 bits per heavy atom. The van der Waals surface area contributed by atoms with Gasteiger partial charge in [0, 0.05) is 0 Å². The van der Waals surface area contributed by atoms with Gasteiger partial charge in [-0.15, -0.1) is 5.10 Å². The Bertz CT molecular complexity index is 926. The average molecular weight is 341 g/mol. The SMILES string of the molecule is OC(c1ccccc1)(c1ccccc1)c1cnnn1Cc1ccccc1. The molecule has 0 fully saturated rings. The molecule has 0 unspecified atom stereocenters. The Morgan fingerprint density at radius 3 is 1.77 bits per heavy atom. The Balaban J connectivity index is 1.85. The molecule has 0 radical (unpaired) electrons. The predicted molar refractivity (Wildman–Crippen MR) is 101 cm³/mol. The highest BCUT2D eigenvalue weighted by Gasteiger charge is 2.37. The minimum atomic E-state index is -1.33. The highest BCUT2D eigenvalue weighted by molar-refractivity contribution is 5.44. The first-order valence-electron chi connectivity index (χ1n) is 8.55. The van der Waals surface area contributed by atoms with Crippen molar-refractivity contribution in [2.24, 2.45) is 0 Å². The molecule has 0 aliphatic rings. The average Bonchev–Trinajstić information content (AvgIpc) is 3.18. The van der Waals surface area contributed by atoms with Crippen molar-refractivity contribution in [3.05, 3.63) is 120 Å². The molecule has 128 valence electrons. The van der Waals surface area contributed by atoms with Crippen molar-refractivity contribution >= 4 is 0 Å². The maximum atomic E-state index is 11.9. The lowest BCUT2D eigenvalue weighted by Gasteiger charge is -2.29. The Morgan fingerprint density at radius 1 is 0.731 bits per heavy atom. The Labute approximate surface area is 152 Å². The van der Waals surface area contributed by atoms with Crippen LogP contribution in [0.2, 0.25) is 0 Å². The van der Waals surface area contributed by atoms with Gasteiger partial charge in [0.1, 0.15) is 0 Å². The molecule has 1 heterocycles. The summed E-state index contributed by atoms with van der Waals surface area (Å²) in [6.45, 7) is 0.540. The molecule has 1 N–H and O–H groups in total. The van der Waals surface area contributed by atoms with Crippen molar-refractivity contribution in [1.82, 2.24) is 15.0 Å². The van der Waals surface area contributed by atoms with E-state index in [4.69, 9.17) is 0 Å². The molecule has 26 heavy (non-hydrogen) atoms. The normalized spacial score (nSPS) is 11.4. The second-order valence-corrected chi connectivity index (χ2v) is 6.20. The fourth-order valence-electron chi connectivity index (χ4n) is 3.23. The molecule has 4 rings (SSSR count). The van der Waals surface area contributed by atoms with E-state index in [1.807, 2.05) is 91.0 Å². The van der Waals surface area contributed by atoms with E-state index in [0.717, 1.165) is 16.7 Å². The first-order chi connectivity index (χ1) is 12.8. The van der Waals surface area contributed by atoms with Gasteiger partial charge in [-0.3, -0.25) is 0 Å². The van der Waals surface area contributed by atoms with Crippen LogP contribution in [-0.4, -0.2) is 20.1 Å². The molecule has 0 saturated heterocycles. The summed E-state index contributed by atoms with van der Waals surface area (Å²) >= 11 is 0. The van der Waals surface area contributed by atoms with Crippen LogP contribution in [0, 0.1) is 0 Å². The molecule has 0 atom stereocenters. The lowest BCUT2D eigenvalue weighted by molar-refractivity contribution is 0.115. The lowest BCUT2D eigenvalue weighted by atomic mass is 9.83. The monoisotopic (exact) mass is 341 g/mol. The van der Waals surface area contributed by atoms with Gasteiger partial charge in [0.25, 0.3) is 0 Å². The van der Waals surface area contributed by atoms with Crippen molar-refractivity contribution in [2.75, 3.05) is 0 Å². The summed E-state index contributed by atoms with van der Waals surface area (Å²) < 4.78 is 1.76. The molecule has 0 bridgehead atoms. The summed E-state index contributed by atoms with van der Waals surface area (Å²) in [5, 5.41) is 20.2. The number of aliphatic hydroxyl groups is 1. The van der Waals surface area contributed by atoms with E-state index in [2.05, 4.69) is 10.3 Å². The maximum Gasteiger partial charge on any atom is 0.158 e. The first kappa shape index (κ1) is 16.2. The smallest absolute Gasteiger partial charge is 0.158 e. The highest BCUT2D eigenvalue weighted by atomic mass is 16.3. The van der Waals surface area contributed by atoms with E-state index in [-0.39, 0.29) is 0 Å². The second kappa shape index (κ2) is 6.94. The Kier molecular flexibility index (Phi) is 4.33. The van der Waals surface area contributed by atoms with Crippen LogP contribution >= 0.6 is 0 Å². The van der Waals surface area contributed by atoms with Crippen LogP contribution in [0.5, 0.6) is 0 Å². The number of hydrogen-bond acceptors (Lipinski definition) is 3. The minimum Gasteiger partial charge on any atom is -0.374 e. The van der Waals surface area contributed by atoms with Crippen LogP contribution in [-0.2, 0) is 12.1 Å². The number of benzene rings is 3. The van der Waals surface area contributed by atoms with E-state index in [1.165, 1.54) is 0 Å². The molecule has 4 heteroatoms. The third kappa shape index (κ3) is 2.91. The van der Waals surface area contributed by atoms with E-state index < -0.39 is 5.60 Å². The van der Waals surface area contributed by atoms with E-state index in [0.29, 0.717) is 12.2 Å². The van der Waals surface area contributed by atoms with Gasteiger partial charge in [-0.05, 0) is 16.7 Å². The third-order valence-electron chi connectivity index (χ3n) is 4.55. The number of rotatable bonds is 5. The van der Waals surface area contributed by atoms with Crippen molar-refractivity contribution < 1.29 is 5.11 Å². The molecular weight excluding hydrogens is 322 g/mol. The van der Waals surface area contributed by atoms with E-state index in [9.17, 15) is 5.11 Å². The molecule has 1 aromatic heterocycles. The summed E-state index contributed by atoms with van der Waals surface area (Å²) in [6.07, 6.45) is 1.64. The molecule has 3 aromatic carbocycles. The van der Waals surface area contributed by atoms with Gasteiger partial charge in [0.15, 0.2) is 5.60 Å². The second-order valence-electron chi connectivity index (χ2n) is 6.20. The maximum absolute atomic E-state index is 11.9. The van der Waals surface area contributed by atoms with E-state index >= 15 is 0 Å². The molecule has 0 aliphatic heterocycles. The molecule has 0 saturated carbocycles. The third-order valence-corrected chi connectivity index (χ3v) is 4.55. The lowest BCUT2D eigenvalue weighted by Crippen LogP contribution is -2.32. The Hall–Kier alpha value is -3.24. The van der Waals surface area contributed by atoms with E-state index in [1.54, 1.807) is 10.9 Å². The summed E-state index contributed by atoms with van der Waals surface area (Å²) in [5.74, 6) is 0. The largest absolute Gasteiger partial charge is 0.374 e. The molecule has 4 nitrogen and oxygen atoms in total. The van der Waals surface area contributed by atoms with Crippen molar-refractivity contribution in [2.45, 2.75) is 12.1 Å². The van der Waals surface area contributed by atoms with Crippen LogP contribution in [0.3, 0.4) is 0 Å². The number of hydrogen-bond donors (Lipinski definition) is 1. The van der Waals surface area contributed by atoms with Gasteiger partial charge in [-0.2, -0.15) is 0 Å². The van der Waals surface area contributed by atoms with Crippen LogP contribution < -0.4 is 0 Å². The molecule has 0 aliphatic carbocycles. The van der Waals surface area contributed by atoms with Gasteiger partial charge in [-0.25, -0.2) is 4.68 Å². The van der Waals surface area contributed by atoms with Crippen molar-refractivity contribution in [1.29, 1.82) is 0 Å². The van der Waals surface area contributed by atoms with Crippen LogP contribution in [0.1, 0.15) is 22.4 Å². The summed E-state index contributed by atoms with van der Waals surface area (Å²) in [6, 6.07) is 29.3. The molecule has 4 aromatic rings. The van der Waals surface area contributed by atoms with Gasteiger partial charge >= 0.3 is 0 Å². The fourth-order valence-corrected chi connectivity index (χ4v) is 3.23. The van der Waals surface area contributed by atoms with Gasteiger partial charge in [0.05, 0.1) is 18.4 Å². The first-order valence-corrected chi connectivity index (χ1v) is 8.55. The summed E-state index contributed by atoms with van der Waals surface area (Å²) in [5.41, 5.74) is 1.97. The zero-order valence-electron chi connectivity index (χ0n) is 14.2. The van der Waals surface area contributed by atoms with Gasteiger partial charge in [-0.1, -0.05) is 96.2 Å². The highest BCUT2D eigenvalue weighted by Crippen LogP contribution is 2.36. The zero-order chi connectivity index (χ0) is 17.8. The van der Waals surface area contributed by atoms with Crippen LogP contribution in [0.4, 0.5) is 0 Å². The topological polar surface area (TPSA) is 50.9 Å². The van der Waals surface area contributed by atoms with Crippen molar-refractivity contribution in [3.8, 4) is 0 Å². The van der Waals surface area contributed by atoms with Crippen molar-refractivity contribution in [3.63, 3.8) is 0 Å². The molecule has 0 amide bonds. The predicted octanol–water partition coefficient (Wildman–Crippen LogP) is 3.61. The molecular formula is C22H19N3O.